The van der Waals surface area contributed by atoms with Gasteiger partial charge in [-0.05, 0) is 26.0 Å². The highest BCUT2D eigenvalue weighted by Gasteiger charge is 2.33. The Morgan fingerprint density at radius 1 is 1.17 bits per heavy atom. The lowest BCUT2D eigenvalue weighted by Gasteiger charge is -2.16. The molecular weight excluding hydrogens is 418 g/mol. The van der Waals surface area contributed by atoms with Crippen LogP contribution in [-0.4, -0.2) is 30.1 Å². The number of aliphatic hydroxyl groups is 1. The molecule has 0 saturated heterocycles. The fourth-order valence-electron chi connectivity index (χ4n) is 2.61. The van der Waals surface area contributed by atoms with Crippen LogP contribution >= 0.6 is 22.7 Å². The molecule has 150 valence electrons. The first-order chi connectivity index (χ1) is 13.8. The molecule has 3 aromatic heterocycles. The minimum absolute atomic E-state index is 0.0420. The predicted molar refractivity (Wildman–Crippen MR) is 106 cm³/mol. The fourth-order valence-corrected chi connectivity index (χ4v) is 4.33. The number of aryl methyl sites for hydroxylation is 1. The Balaban J connectivity index is 1.49. The van der Waals surface area contributed by atoms with Gasteiger partial charge in [-0.2, -0.15) is 5.10 Å². The second kappa shape index (κ2) is 7.58. The van der Waals surface area contributed by atoms with Crippen LogP contribution in [0.5, 0.6) is 0 Å². The lowest BCUT2D eigenvalue weighted by Crippen LogP contribution is -2.22. The third kappa shape index (κ3) is 4.02. The van der Waals surface area contributed by atoms with Gasteiger partial charge in [-0.3, -0.25) is 4.68 Å². The first-order valence-corrected chi connectivity index (χ1v) is 10.2. The van der Waals surface area contributed by atoms with Crippen LogP contribution in [-0.2, 0) is 12.1 Å². The van der Waals surface area contributed by atoms with Crippen LogP contribution < -0.4 is 5.32 Å². The van der Waals surface area contributed by atoms with Gasteiger partial charge in [-0.25, -0.2) is 13.8 Å². The Morgan fingerprint density at radius 3 is 2.62 bits per heavy atom. The molecule has 0 saturated carbocycles. The number of rotatable bonds is 6. The molecule has 4 aromatic rings. The Bertz CT molecular complexity index is 1130. The van der Waals surface area contributed by atoms with E-state index >= 15 is 0 Å². The van der Waals surface area contributed by atoms with Gasteiger partial charge in [0.25, 0.3) is 0 Å². The summed E-state index contributed by atoms with van der Waals surface area (Å²) in [6.45, 7) is 3.43. The minimum atomic E-state index is -1.35. The van der Waals surface area contributed by atoms with Gasteiger partial charge >= 0.3 is 0 Å². The number of anilines is 2. The molecular formula is C18H16F2N6OS2. The second-order valence-electron chi connectivity index (χ2n) is 6.50. The molecule has 29 heavy (non-hydrogen) atoms. The van der Waals surface area contributed by atoms with Crippen molar-refractivity contribution in [3.8, 4) is 0 Å². The van der Waals surface area contributed by atoms with Gasteiger partial charge in [0.2, 0.25) is 5.13 Å². The summed E-state index contributed by atoms with van der Waals surface area (Å²) in [5.74, 6) is -0.805. The Labute approximate surface area is 172 Å². The summed E-state index contributed by atoms with van der Waals surface area (Å²) < 4.78 is 29.0. The summed E-state index contributed by atoms with van der Waals surface area (Å²) in [6.07, 6.45) is 1.60. The van der Waals surface area contributed by atoms with E-state index in [1.54, 1.807) is 19.2 Å². The van der Waals surface area contributed by atoms with Crippen LogP contribution in [0.2, 0.25) is 0 Å². The lowest BCUT2D eigenvalue weighted by molar-refractivity contribution is 0.101. The van der Waals surface area contributed by atoms with Gasteiger partial charge in [0.1, 0.15) is 16.6 Å². The smallest absolute Gasteiger partial charge is 0.211 e. The first kappa shape index (κ1) is 19.6. The van der Waals surface area contributed by atoms with Crippen LogP contribution in [0, 0.1) is 18.6 Å². The van der Waals surface area contributed by atoms with E-state index in [2.05, 4.69) is 25.6 Å². The van der Waals surface area contributed by atoms with Crippen LogP contribution in [0.4, 0.5) is 19.7 Å². The Kier molecular flexibility index (Phi) is 5.11. The van der Waals surface area contributed by atoms with Gasteiger partial charge in [-0.15, -0.1) is 21.5 Å². The SMILES string of the molecule is Cc1csc([C@@](C)(O)c2nnc(Nc3ccn(Cc4c(F)cccc4F)n3)s2)n1. The summed E-state index contributed by atoms with van der Waals surface area (Å²) >= 11 is 2.52. The summed E-state index contributed by atoms with van der Waals surface area (Å²) in [6, 6.07) is 5.39. The van der Waals surface area contributed by atoms with Crippen molar-refractivity contribution >= 4 is 33.6 Å². The summed E-state index contributed by atoms with van der Waals surface area (Å²) in [5.41, 5.74) is -0.585. The maximum Gasteiger partial charge on any atom is 0.211 e. The van der Waals surface area contributed by atoms with Crippen molar-refractivity contribution in [3.05, 3.63) is 68.7 Å². The standard InChI is InChI=1S/C18H16F2N6OS2/c1-10-9-28-15(21-10)18(2,27)16-23-24-17(29-16)22-14-6-7-26(25-14)8-11-12(19)4-3-5-13(11)20/h3-7,9,27H,8H2,1-2H3,(H,22,24,25)/t18-/m1/s1. The average molecular weight is 434 g/mol. The van der Waals surface area contributed by atoms with Crippen molar-refractivity contribution in [1.29, 1.82) is 0 Å². The highest BCUT2D eigenvalue weighted by Crippen LogP contribution is 2.35. The monoisotopic (exact) mass is 434 g/mol. The molecule has 1 aromatic carbocycles. The molecule has 0 unspecified atom stereocenters. The largest absolute Gasteiger partial charge is 0.376 e. The van der Waals surface area contributed by atoms with Gasteiger partial charge in [0, 0.05) is 28.9 Å². The van der Waals surface area contributed by atoms with E-state index in [1.165, 1.54) is 45.6 Å². The number of hydrogen-bond acceptors (Lipinski definition) is 8. The normalized spacial score (nSPS) is 13.4. The van der Waals surface area contributed by atoms with Crippen molar-refractivity contribution in [2.75, 3.05) is 5.32 Å². The molecule has 0 fully saturated rings. The van der Waals surface area contributed by atoms with E-state index in [4.69, 9.17) is 0 Å². The van der Waals surface area contributed by atoms with Gasteiger partial charge in [0.05, 0.1) is 6.54 Å². The molecule has 0 spiro atoms. The summed E-state index contributed by atoms with van der Waals surface area (Å²) in [5, 5.41) is 29.4. The zero-order valence-electron chi connectivity index (χ0n) is 15.4. The molecule has 2 N–H and O–H groups in total. The predicted octanol–water partition coefficient (Wildman–Crippen LogP) is 3.83. The topological polar surface area (TPSA) is 88.8 Å². The maximum absolute atomic E-state index is 13.8. The average Bonchev–Trinajstić information content (AvgIpc) is 3.40. The van der Waals surface area contributed by atoms with Crippen LogP contribution in [0.25, 0.3) is 0 Å². The van der Waals surface area contributed by atoms with Crippen molar-refractivity contribution < 1.29 is 13.9 Å². The van der Waals surface area contributed by atoms with E-state index < -0.39 is 17.2 Å². The molecule has 0 aliphatic carbocycles. The third-order valence-electron chi connectivity index (χ3n) is 4.13. The zero-order valence-corrected chi connectivity index (χ0v) is 17.1. The second-order valence-corrected chi connectivity index (χ2v) is 8.34. The van der Waals surface area contributed by atoms with E-state index in [-0.39, 0.29) is 12.1 Å². The summed E-state index contributed by atoms with van der Waals surface area (Å²) in [7, 11) is 0. The molecule has 4 rings (SSSR count). The number of halogens is 2. The minimum Gasteiger partial charge on any atom is -0.376 e. The molecule has 7 nitrogen and oxygen atoms in total. The highest BCUT2D eigenvalue weighted by atomic mass is 32.1. The number of nitrogens with zero attached hydrogens (tertiary/aromatic N) is 5. The molecule has 0 aliphatic heterocycles. The van der Waals surface area contributed by atoms with Crippen LogP contribution in [0.3, 0.4) is 0 Å². The van der Waals surface area contributed by atoms with E-state index in [0.717, 1.165) is 5.69 Å². The molecule has 0 bridgehead atoms. The molecule has 0 radical (unpaired) electrons. The quantitative estimate of drug-likeness (QED) is 0.480. The van der Waals surface area contributed by atoms with Gasteiger partial charge < -0.3 is 10.4 Å². The van der Waals surface area contributed by atoms with Crippen molar-refractivity contribution in [2.24, 2.45) is 0 Å². The van der Waals surface area contributed by atoms with E-state index in [9.17, 15) is 13.9 Å². The lowest BCUT2D eigenvalue weighted by atomic mass is 10.1. The third-order valence-corrected chi connectivity index (χ3v) is 6.35. The zero-order chi connectivity index (χ0) is 20.6. The first-order valence-electron chi connectivity index (χ1n) is 8.55. The molecule has 11 heteroatoms. The Morgan fingerprint density at radius 2 is 1.93 bits per heavy atom. The van der Waals surface area contributed by atoms with E-state index in [1.807, 2.05) is 12.3 Å². The Hall–Kier alpha value is -2.76. The number of hydrogen-bond donors (Lipinski definition) is 2. The van der Waals surface area contributed by atoms with Gasteiger partial charge in [0.15, 0.2) is 16.4 Å². The van der Waals surface area contributed by atoms with Gasteiger partial charge in [-0.1, -0.05) is 17.4 Å². The summed E-state index contributed by atoms with van der Waals surface area (Å²) in [4.78, 5) is 4.32. The fraction of sp³-hybridized carbons (Fsp3) is 0.222. The number of aromatic nitrogens is 5. The number of benzene rings is 1. The molecule has 0 amide bonds. The van der Waals surface area contributed by atoms with E-state index in [0.29, 0.717) is 21.0 Å². The molecule has 3 heterocycles. The molecule has 0 aliphatic rings. The maximum atomic E-state index is 13.8. The number of thiazole rings is 1. The number of nitrogens with one attached hydrogen (secondary N) is 1. The van der Waals surface area contributed by atoms with Crippen molar-refractivity contribution in [3.63, 3.8) is 0 Å². The molecule has 1 atom stereocenters. The highest BCUT2D eigenvalue weighted by molar-refractivity contribution is 7.15. The van der Waals surface area contributed by atoms with Crippen LogP contribution in [0.1, 0.15) is 28.2 Å². The van der Waals surface area contributed by atoms with Crippen molar-refractivity contribution in [2.45, 2.75) is 26.0 Å². The van der Waals surface area contributed by atoms with Crippen LogP contribution in [0.15, 0.2) is 35.8 Å². The van der Waals surface area contributed by atoms with Crippen molar-refractivity contribution in [1.82, 2.24) is 25.0 Å².